The van der Waals surface area contributed by atoms with Crippen LogP contribution in [0.25, 0.3) is 0 Å². The smallest absolute Gasteiger partial charge is 0.407 e. The molecular formula is C10H19NO4S. The van der Waals surface area contributed by atoms with Crippen molar-refractivity contribution in [3.8, 4) is 0 Å². The lowest BCUT2D eigenvalue weighted by Gasteiger charge is -2.23. The summed E-state index contributed by atoms with van der Waals surface area (Å²) in [4.78, 5) is 11.4. The Morgan fingerprint density at radius 3 is 2.69 bits per heavy atom. The van der Waals surface area contributed by atoms with Crippen LogP contribution in [0.15, 0.2) is 0 Å². The summed E-state index contributed by atoms with van der Waals surface area (Å²) in [5.41, 5.74) is -0.665. The molecule has 1 amide bonds. The van der Waals surface area contributed by atoms with Crippen LogP contribution in [0.1, 0.15) is 33.1 Å². The summed E-state index contributed by atoms with van der Waals surface area (Å²) in [6, 6.07) is 0. The van der Waals surface area contributed by atoms with E-state index in [0.717, 1.165) is 12.8 Å². The van der Waals surface area contributed by atoms with Gasteiger partial charge in [0.25, 0.3) is 0 Å². The zero-order valence-electron chi connectivity index (χ0n) is 9.78. The largest absolute Gasteiger partial charge is 0.450 e. The van der Waals surface area contributed by atoms with Gasteiger partial charge in [0.1, 0.15) is 0 Å². The average Bonchev–Trinajstić information content (AvgIpc) is 2.40. The Labute approximate surface area is 96.5 Å². The maximum absolute atomic E-state index is 11.4. The minimum absolute atomic E-state index is 0.00285. The third-order valence-corrected chi connectivity index (χ3v) is 4.54. The lowest BCUT2D eigenvalue weighted by molar-refractivity contribution is 0.135. The summed E-state index contributed by atoms with van der Waals surface area (Å²) in [7, 11) is -2.99. The highest BCUT2D eigenvalue weighted by molar-refractivity contribution is 7.91. The van der Waals surface area contributed by atoms with Crippen molar-refractivity contribution in [2.24, 2.45) is 0 Å². The molecule has 0 radical (unpaired) electrons. The first kappa shape index (κ1) is 13.3. The standard InChI is InChI=1S/C10H19NO4S/c1-3-4-6-15-9(12)11-10(2)5-7-16(13,14)8-10/h3-8H2,1-2H3,(H,11,12)/t10-/m1/s1. The first-order chi connectivity index (χ1) is 7.37. The summed E-state index contributed by atoms with van der Waals surface area (Å²) >= 11 is 0. The van der Waals surface area contributed by atoms with E-state index in [2.05, 4.69) is 5.32 Å². The molecule has 1 atom stereocenters. The number of unbranched alkanes of at least 4 members (excludes halogenated alkanes) is 1. The van der Waals surface area contributed by atoms with Crippen LogP contribution in [-0.4, -0.2) is 38.2 Å². The van der Waals surface area contributed by atoms with Gasteiger partial charge in [-0.3, -0.25) is 0 Å². The van der Waals surface area contributed by atoms with E-state index >= 15 is 0 Å². The third kappa shape index (κ3) is 4.00. The van der Waals surface area contributed by atoms with Crippen molar-refractivity contribution >= 4 is 15.9 Å². The number of ether oxygens (including phenoxy) is 1. The van der Waals surface area contributed by atoms with Gasteiger partial charge in [0.15, 0.2) is 9.84 Å². The van der Waals surface area contributed by atoms with Gasteiger partial charge < -0.3 is 10.1 Å². The first-order valence-electron chi connectivity index (χ1n) is 5.52. The van der Waals surface area contributed by atoms with Gasteiger partial charge in [-0.15, -0.1) is 0 Å². The molecule has 0 aromatic carbocycles. The molecule has 0 saturated carbocycles. The molecule has 1 N–H and O–H groups in total. The fraction of sp³-hybridized carbons (Fsp3) is 0.900. The average molecular weight is 249 g/mol. The highest BCUT2D eigenvalue weighted by Crippen LogP contribution is 2.22. The molecule has 1 aliphatic heterocycles. The third-order valence-electron chi connectivity index (χ3n) is 2.64. The second-order valence-corrected chi connectivity index (χ2v) is 6.70. The molecule has 1 rings (SSSR count). The van der Waals surface area contributed by atoms with Crippen LogP contribution in [-0.2, 0) is 14.6 Å². The zero-order chi connectivity index (χ0) is 12.2. The van der Waals surface area contributed by atoms with Gasteiger partial charge in [-0.05, 0) is 19.8 Å². The number of sulfone groups is 1. The maximum Gasteiger partial charge on any atom is 0.407 e. The second kappa shape index (κ2) is 5.03. The summed E-state index contributed by atoms with van der Waals surface area (Å²) in [6.07, 6.45) is 1.72. The van der Waals surface area contributed by atoms with Crippen molar-refractivity contribution < 1.29 is 17.9 Å². The molecule has 0 aromatic heterocycles. The predicted octanol–water partition coefficient (Wildman–Crippen LogP) is 1.09. The van der Waals surface area contributed by atoms with E-state index < -0.39 is 21.5 Å². The summed E-state index contributed by atoms with van der Waals surface area (Å²) in [6.45, 7) is 4.12. The fourth-order valence-electron chi connectivity index (χ4n) is 1.70. The lowest BCUT2D eigenvalue weighted by Crippen LogP contribution is -2.47. The lowest BCUT2D eigenvalue weighted by atomic mass is 10.0. The Bertz CT molecular complexity index is 352. The topological polar surface area (TPSA) is 72.5 Å². The number of carbonyl (C=O) groups is 1. The summed E-state index contributed by atoms with van der Waals surface area (Å²) in [5.74, 6) is 0.140. The van der Waals surface area contributed by atoms with Crippen molar-refractivity contribution in [3.05, 3.63) is 0 Å². The molecule has 0 unspecified atom stereocenters. The highest BCUT2D eigenvalue weighted by Gasteiger charge is 2.39. The minimum atomic E-state index is -2.99. The Morgan fingerprint density at radius 1 is 1.50 bits per heavy atom. The molecule has 16 heavy (non-hydrogen) atoms. The van der Waals surface area contributed by atoms with Crippen LogP contribution in [0.2, 0.25) is 0 Å². The molecular weight excluding hydrogens is 230 g/mol. The van der Waals surface area contributed by atoms with Gasteiger partial charge in [0, 0.05) is 0 Å². The van der Waals surface area contributed by atoms with E-state index in [9.17, 15) is 13.2 Å². The van der Waals surface area contributed by atoms with Crippen molar-refractivity contribution in [1.29, 1.82) is 0 Å². The maximum atomic E-state index is 11.4. The number of alkyl carbamates (subject to hydrolysis) is 1. The number of amides is 1. The Balaban J connectivity index is 2.39. The van der Waals surface area contributed by atoms with E-state index in [1.54, 1.807) is 6.92 Å². The second-order valence-electron chi connectivity index (χ2n) is 4.52. The Hall–Kier alpha value is -0.780. The van der Waals surface area contributed by atoms with Crippen molar-refractivity contribution in [1.82, 2.24) is 5.32 Å². The molecule has 1 aliphatic rings. The predicted molar refractivity (Wildman–Crippen MR) is 61.1 cm³/mol. The number of nitrogens with one attached hydrogen (secondary N) is 1. The van der Waals surface area contributed by atoms with Crippen LogP contribution >= 0.6 is 0 Å². The molecule has 1 heterocycles. The Morgan fingerprint density at radius 2 is 2.19 bits per heavy atom. The molecule has 94 valence electrons. The quantitative estimate of drug-likeness (QED) is 0.757. The first-order valence-corrected chi connectivity index (χ1v) is 7.34. The molecule has 1 saturated heterocycles. The zero-order valence-corrected chi connectivity index (χ0v) is 10.6. The molecule has 0 bridgehead atoms. The van der Waals surface area contributed by atoms with E-state index in [-0.39, 0.29) is 11.5 Å². The number of rotatable bonds is 4. The monoisotopic (exact) mass is 249 g/mol. The van der Waals surface area contributed by atoms with Gasteiger partial charge in [-0.2, -0.15) is 0 Å². The number of carbonyl (C=O) groups excluding carboxylic acids is 1. The van der Waals surface area contributed by atoms with Crippen LogP contribution in [0.3, 0.4) is 0 Å². The van der Waals surface area contributed by atoms with Crippen molar-refractivity contribution in [2.45, 2.75) is 38.6 Å². The highest BCUT2D eigenvalue weighted by atomic mass is 32.2. The Kier molecular flexibility index (Phi) is 4.18. The SMILES string of the molecule is CCCCOC(=O)N[C@]1(C)CCS(=O)(=O)C1. The van der Waals surface area contributed by atoms with Crippen LogP contribution < -0.4 is 5.32 Å². The van der Waals surface area contributed by atoms with E-state index in [1.165, 1.54) is 0 Å². The summed E-state index contributed by atoms with van der Waals surface area (Å²) in [5, 5.41) is 2.63. The van der Waals surface area contributed by atoms with Crippen LogP contribution in [0.5, 0.6) is 0 Å². The fourth-order valence-corrected chi connectivity index (χ4v) is 3.79. The minimum Gasteiger partial charge on any atom is -0.450 e. The molecule has 0 aromatic rings. The van der Waals surface area contributed by atoms with Crippen molar-refractivity contribution in [3.63, 3.8) is 0 Å². The molecule has 1 fully saturated rings. The number of hydrogen-bond donors (Lipinski definition) is 1. The van der Waals surface area contributed by atoms with Crippen LogP contribution in [0, 0.1) is 0 Å². The van der Waals surface area contributed by atoms with Gasteiger partial charge in [0.2, 0.25) is 0 Å². The van der Waals surface area contributed by atoms with E-state index in [0.29, 0.717) is 13.0 Å². The van der Waals surface area contributed by atoms with Gasteiger partial charge in [0.05, 0.1) is 23.7 Å². The van der Waals surface area contributed by atoms with Gasteiger partial charge >= 0.3 is 6.09 Å². The molecule has 6 heteroatoms. The molecule has 0 spiro atoms. The van der Waals surface area contributed by atoms with Crippen LogP contribution in [0.4, 0.5) is 4.79 Å². The van der Waals surface area contributed by atoms with E-state index in [1.807, 2.05) is 6.92 Å². The van der Waals surface area contributed by atoms with E-state index in [4.69, 9.17) is 4.74 Å². The summed E-state index contributed by atoms with van der Waals surface area (Å²) < 4.78 is 27.5. The van der Waals surface area contributed by atoms with Gasteiger partial charge in [-0.1, -0.05) is 13.3 Å². The molecule has 5 nitrogen and oxygen atoms in total. The van der Waals surface area contributed by atoms with Gasteiger partial charge in [-0.25, -0.2) is 13.2 Å². The van der Waals surface area contributed by atoms with Crippen molar-refractivity contribution in [2.75, 3.05) is 18.1 Å². The molecule has 0 aliphatic carbocycles. The normalized spacial score (nSPS) is 27.6. The number of hydrogen-bond acceptors (Lipinski definition) is 4.